The lowest BCUT2D eigenvalue weighted by Crippen LogP contribution is -2.05. The van der Waals surface area contributed by atoms with Crippen molar-refractivity contribution in [1.82, 2.24) is 0 Å². The Morgan fingerprint density at radius 1 is 1.03 bits per heavy atom. The summed E-state index contributed by atoms with van der Waals surface area (Å²) in [6.07, 6.45) is 1.65. The van der Waals surface area contributed by atoms with Crippen LogP contribution in [0.4, 0.5) is 0 Å². The van der Waals surface area contributed by atoms with Gasteiger partial charge in [0.05, 0.1) is 21.1 Å². The van der Waals surface area contributed by atoms with Crippen LogP contribution in [0.25, 0.3) is 6.08 Å². The molecule has 1 aliphatic rings. The topological polar surface area (TPSA) is 57.1 Å². The van der Waals surface area contributed by atoms with Crippen LogP contribution in [0.2, 0.25) is 10.0 Å². The SMILES string of the molecule is CCOc1cc(/C=C2\N=C(c3ccc(C)cc3)OC2=O)cc(Br)c1OCc1ccc(Cl)c(Cl)c1. The number of aryl methyl sites for hydroxylation is 1. The molecule has 0 N–H and O–H groups in total. The molecule has 0 saturated carbocycles. The van der Waals surface area contributed by atoms with E-state index >= 15 is 0 Å². The third-order valence-electron chi connectivity index (χ3n) is 4.92. The first-order chi connectivity index (χ1) is 16.3. The molecule has 0 unspecified atom stereocenters. The first kappa shape index (κ1) is 24.3. The van der Waals surface area contributed by atoms with Crippen LogP contribution in [0.15, 0.2) is 69.8 Å². The first-order valence-corrected chi connectivity index (χ1v) is 12.0. The number of nitrogens with zero attached hydrogens (tertiary/aromatic N) is 1. The number of benzene rings is 3. The molecule has 3 aromatic carbocycles. The number of halogens is 3. The van der Waals surface area contributed by atoms with Crippen LogP contribution in [-0.2, 0) is 16.1 Å². The lowest BCUT2D eigenvalue weighted by atomic mass is 10.1. The zero-order valence-electron chi connectivity index (χ0n) is 18.4. The maximum absolute atomic E-state index is 12.4. The molecule has 0 amide bonds. The fourth-order valence-electron chi connectivity index (χ4n) is 3.25. The van der Waals surface area contributed by atoms with Gasteiger partial charge >= 0.3 is 5.97 Å². The molecule has 0 radical (unpaired) electrons. The van der Waals surface area contributed by atoms with Gasteiger partial charge < -0.3 is 14.2 Å². The number of hydrogen-bond acceptors (Lipinski definition) is 5. The summed E-state index contributed by atoms with van der Waals surface area (Å²) < 4.78 is 17.8. The molecule has 0 bridgehead atoms. The van der Waals surface area contributed by atoms with E-state index in [0.717, 1.165) is 16.7 Å². The largest absolute Gasteiger partial charge is 0.490 e. The summed E-state index contributed by atoms with van der Waals surface area (Å²) in [5, 5.41) is 0.945. The lowest BCUT2D eigenvalue weighted by Gasteiger charge is -2.15. The van der Waals surface area contributed by atoms with Crippen LogP contribution < -0.4 is 9.47 Å². The molecule has 174 valence electrons. The van der Waals surface area contributed by atoms with Crippen molar-refractivity contribution in [3.63, 3.8) is 0 Å². The van der Waals surface area contributed by atoms with Crippen LogP contribution in [0.1, 0.15) is 29.2 Å². The molecular weight excluding hydrogens is 541 g/mol. The van der Waals surface area contributed by atoms with Gasteiger partial charge in [0.2, 0.25) is 5.90 Å². The molecule has 5 nitrogen and oxygen atoms in total. The zero-order chi connectivity index (χ0) is 24.2. The summed E-state index contributed by atoms with van der Waals surface area (Å²) in [5.41, 5.74) is 3.62. The lowest BCUT2D eigenvalue weighted by molar-refractivity contribution is -0.129. The molecule has 0 spiro atoms. The molecule has 0 aliphatic carbocycles. The highest BCUT2D eigenvalue weighted by Crippen LogP contribution is 2.38. The van der Waals surface area contributed by atoms with Crippen LogP contribution in [0.5, 0.6) is 11.5 Å². The van der Waals surface area contributed by atoms with Gasteiger partial charge in [0, 0.05) is 5.56 Å². The second-order valence-electron chi connectivity index (χ2n) is 7.50. The minimum absolute atomic E-state index is 0.203. The molecule has 4 rings (SSSR count). The minimum atomic E-state index is -0.510. The number of rotatable bonds is 7. The van der Waals surface area contributed by atoms with Crippen molar-refractivity contribution in [2.45, 2.75) is 20.5 Å². The van der Waals surface area contributed by atoms with Crippen LogP contribution in [0.3, 0.4) is 0 Å². The number of esters is 1. The molecular formula is C26H20BrCl2NO4. The van der Waals surface area contributed by atoms with Gasteiger partial charge in [-0.25, -0.2) is 9.79 Å². The maximum Gasteiger partial charge on any atom is 0.363 e. The Labute approximate surface area is 216 Å². The highest BCUT2D eigenvalue weighted by atomic mass is 79.9. The van der Waals surface area contributed by atoms with Gasteiger partial charge in [0.15, 0.2) is 17.2 Å². The molecule has 0 aromatic heterocycles. The molecule has 34 heavy (non-hydrogen) atoms. The fraction of sp³-hybridized carbons (Fsp3) is 0.154. The molecule has 3 aromatic rings. The highest BCUT2D eigenvalue weighted by molar-refractivity contribution is 9.10. The summed E-state index contributed by atoms with van der Waals surface area (Å²) in [4.78, 5) is 16.8. The molecule has 1 aliphatic heterocycles. The number of carbonyl (C=O) groups is 1. The van der Waals surface area contributed by atoms with Crippen molar-refractivity contribution in [2.75, 3.05) is 6.61 Å². The smallest absolute Gasteiger partial charge is 0.363 e. The number of hydrogen-bond donors (Lipinski definition) is 0. The summed E-state index contributed by atoms with van der Waals surface area (Å²) in [5.74, 6) is 0.831. The Morgan fingerprint density at radius 3 is 2.50 bits per heavy atom. The van der Waals surface area contributed by atoms with E-state index in [1.165, 1.54) is 0 Å². The van der Waals surface area contributed by atoms with Crippen LogP contribution >= 0.6 is 39.1 Å². The Balaban J connectivity index is 1.60. The maximum atomic E-state index is 12.4. The van der Waals surface area contributed by atoms with Gasteiger partial charge in [0.25, 0.3) is 0 Å². The van der Waals surface area contributed by atoms with E-state index in [9.17, 15) is 4.79 Å². The Hall–Kier alpha value is -2.80. The number of ether oxygens (including phenoxy) is 3. The number of aliphatic imine (C=N–C) groups is 1. The average molecular weight is 561 g/mol. The predicted octanol–water partition coefficient (Wildman–Crippen LogP) is 7.39. The standard InChI is InChI=1S/C26H20BrCl2NO4/c1-3-32-23-13-17(10-19(27)24(23)33-14-16-6-9-20(28)21(29)11-16)12-22-26(31)34-25(30-22)18-7-4-15(2)5-8-18/h4-13H,3,14H2,1-2H3/b22-12-. The van der Waals surface area contributed by atoms with E-state index in [1.807, 2.05) is 50.2 Å². The van der Waals surface area contributed by atoms with E-state index in [1.54, 1.807) is 24.3 Å². The van der Waals surface area contributed by atoms with Crippen LogP contribution in [0, 0.1) is 6.92 Å². The van der Waals surface area contributed by atoms with Crippen molar-refractivity contribution in [3.05, 3.63) is 97.1 Å². The number of cyclic esters (lactones) is 1. The van der Waals surface area contributed by atoms with E-state index in [0.29, 0.717) is 38.2 Å². The van der Waals surface area contributed by atoms with Gasteiger partial charge in [-0.2, -0.15) is 0 Å². The molecule has 0 fully saturated rings. The second-order valence-corrected chi connectivity index (χ2v) is 9.17. The Kier molecular flexibility index (Phi) is 7.61. The Morgan fingerprint density at radius 2 is 1.79 bits per heavy atom. The van der Waals surface area contributed by atoms with Crippen LogP contribution in [-0.4, -0.2) is 18.5 Å². The summed E-state index contributed by atoms with van der Waals surface area (Å²) in [6, 6.07) is 16.6. The van der Waals surface area contributed by atoms with E-state index in [-0.39, 0.29) is 18.2 Å². The second kappa shape index (κ2) is 10.6. The van der Waals surface area contributed by atoms with Crippen molar-refractivity contribution in [3.8, 4) is 11.5 Å². The van der Waals surface area contributed by atoms with Crippen molar-refractivity contribution < 1.29 is 19.0 Å². The third-order valence-corrected chi connectivity index (χ3v) is 6.25. The molecule has 0 atom stereocenters. The summed E-state index contributed by atoms with van der Waals surface area (Å²) >= 11 is 15.6. The molecule has 1 heterocycles. The van der Waals surface area contributed by atoms with Gasteiger partial charge in [-0.3, -0.25) is 0 Å². The van der Waals surface area contributed by atoms with E-state index in [2.05, 4.69) is 20.9 Å². The average Bonchev–Trinajstić information content (AvgIpc) is 3.16. The summed E-state index contributed by atoms with van der Waals surface area (Å²) in [7, 11) is 0. The van der Waals surface area contributed by atoms with Gasteiger partial charge in [-0.05, 0) is 83.4 Å². The zero-order valence-corrected chi connectivity index (χ0v) is 21.5. The van der Waals surface area contributed by atoms with E-state index in [4.69, 9.17) is 37.4 Å². The first-order valence-electron chi connectivity index (χ1n) is 10.5. The Bertz CT molecular complexity index is 1300. The van der Waals surface area contributed by atoms with Crippen molar-refractivity contribution in [1.29, 1.82) is 0 Å². The molecule has 8 heteroatoms. The van der Waals surface area contributed by atoms with Gasteiger partial charge in [0.1, 0.15) is 6.61 Å². The minimum Gasteiger partial charge on any atom is -0.490 e. The van der Waals surface area contributed by atoms with Gasteiger partial charge in [-0.1, -0.05) is 47.0 Å². The summed E-state index contributed by atoms with van der Waals surface area (Å²) in [6.45, 7) is 4.58. The van der Waals surface area contributed by atoms with Crippen molar-refractivity contribution in [2.24, 2.45) is 4.99 Å². The van der Waals surface area contributed by atoms with Crippen molar-refractivity contribution >= 4 is 57.1 Å². The van der Waals surface area contributed by atoms with E-state index < -0.39 is 5.97 Å². The third kappa shape index (κ3) is 5.63. The van der Waals surface area contributed by atoms with Gasteiger partial charge in [-0.15, -0.1) is 0 Å². The highest BCUT2D eigenvalue weighted by Gasteiger charge is 2.24. The normalized spacial score (nSPS) is 14.2. The predicted molar refractivity (Wildman–Crippen MR) is 138 cm³/mol. The number of carbonyl (C=O) groups excluding carboxylic acids is 1. The quantitative estimate of drug-likeness (QED) is 0.223. The fourth-order valence-corrected chi connectivity index (χ4v) is 4.14. The monoisotopic (exact) mass is 559 g/mol. The molecule has 0 saturated heterocycles.